The number of fused-ring (bicyclic) bond motifs is 3. The average Bonchev–Trinajstić information content (AvgIpc) is 3.55. The third-order valence-electron chi connectivity index (χ3n) is 6.97. The number of amides is 1. The number of methoxy groups -OCH3 is 1. The number of carbonyl (C=O) groups is 1. The number of halogens is 1. The van der Waals surface area contributed by atoms with Crippen LogP contribution in [0.15, 0.2) is 36.7 Å². The first kappa shape index (κ1) is 23.7. The Morgan fingerprint density at radius 3 is 2.95 bits per heavy atom. The lowest BCUT2D eigenvalue weighted by molar-refractivity contribution is -0.181. The Morgan fingerprint density at radius 2 is 2.16 bits per heavy atom. The van der Waals surface area contributed by atoms with Crippen molar-refractivity contribution >= 4 is 17.3 Å². The molecule has 3 aromatic rings. The fraction of sp³-hybridized carbons (Fsp3) is 0.407. The van der Waals surface area contributed by atoms with Gasteiger partial charge in [-0.3, -0.25) is 9.78 Å². The quantitative estimate of drug-likeness (QED) is 0.440. The standard InChI is InChI=1S/C27H29FN4O5/c1-27(2)13-36-14(12-37-27)11-35-20-10-29-8-7-15(20)23-24(30-18-6-4-5-17(28)25(18)34-3)21-22(32-23)16-9-19(16)31-26(21)33/h4-8,10,14,16,19,30,32H,9,11-13H2,1-3H3,(H,31,33)/t14-,16+,19?/m1/s1. The summed E-state index contributed by atoms with van der Waals surface area (Å²) in [6, 6.07) is 6.57. The lowest BCUT2D eigenvalue weighted by Crippen LogP contribution is -2.44. The lowest BCUT2D eigenvalue weighted by atomic mass is 10.0. The van der Waals surface area contributed by atoms with E-state index in [1.54, 1.807) is 24.5 Å². The van der Waals surface area contributed by atoms with Gasteiger partial charge in [0.1, 0.15) is 18.5 Å². The number of hydrogen-bond acceptors (Lipinski definition) is 7. The van der Waals surface area contributed by atoms with Gasteiger partial charge in [0, 0.05) is 29.4 Å². The number of hydrogen-bond donors (Lipinski definition) is 3. The minimum atomic E-state index is -0.504. The Hall–Kier alpha value is -3.63. The van der Waals surface area contributed by atoms with Crippen LogP contribution in [0.4, 0.5) is 15.8 Å². The molecule has 1 aliphatic carbocycles. The van der Waals surface area contributed by atoms with Crippen LogP contribution in [0.3, 0.4) is 0 Å². The summed E-state index contributed by atoms with van der Waals surface area (Å²) in [6.07, 6.45) is 3.95. The van der Waals surface area contributed by atoms with Gasteiger partial charge in [0.25, 0.3) is 5.91 Å². The topological polar surface area (TPSA) is 107 Å². The molecule has 9 nitrogen and oxygen atoms in total. The van der Waals surface area contributed by atoms with E-state index in [2.05, 4.69) is 20.6 Å². The zero-order chi connectivity index (χ0) is 25.7. The van der Waals surface area contributed by atoms with E-state index in [9.17, 15) is 9.18 Å². The van der Waals surface area contributed by atoms with Crippen LogP contribution in [0.5, 0.6) is 11.5 Å². The Kier molecular flexibility index (Phi) is 5.80. The first-order chi connectivity index (χ1) is 17.8. The molecule has 194 valence electrons. The van der Waals surface area contributed by atoms with E-state index in [0.717, 1.165) is 12.1 Å². The van der Waals surface area contributed by atoms with E-state index in [-0.39, 0.29) is 41.9 Å². The van der Waals surface area contributed by atoms with Gasteiger partial charge in [0.05, 0.1) is 54.8 Å². The zero-order valence-corrected chi connectivity index (χ0v) is 20.9. The first-order valence-electron chi connectivity index (χ1n) is 12.3. The van der Waals surface area contributed by atoms with Crippen LogP contribution in [0.1, 0.15) is 42.2 Å². The number of aromatic amines is 1. The molecule has 0 bridgehead atoms. The molecule has 3 N–H and O–H groups in total. The third kappa shape index (κ3) is 4.40. The van der Waals surface area contributed by atoms with Crippen LogP contribution in [0.25, 0.3) is 11.3 Å². The van der Waals surface area contributed by atoms with Gasteiger partial charge in [-0.1, -0.05) is 6.07 Å². The van der Waals surface area contributed by atoms with Crippen LogP contribution >= 0.6 is 0 Å². The summed E-state index contributed by atoms with van der Waals surface area (Å²) in [5.74, 6) is 0.111. The molecular weight excluding hydrogens is 479 g/mol. The Morgan fingerprint density at radius 1 is 1.30 bits per heavy atom. The van der Waals surface area contributed by atoms with Crippen molar-refractivity contribution in [1.82, 2.24) is 15.3 Å². The highest BCUT2D eigenvalue weighted by molar-refractivity contribution is 6.07. The summed E-state index contributed by atoms with van der Waals surface area (Å²) < 4.78 is 37.7. The van der Waals surface area contributed by atoms with Crippen LogP contribution < -0.4 is 20.1 Å². The fourth-order valence-electron chi connectivity index (χ4n) is 4.93. The average molecular weight is 509 g/mol. The number of pyridine rings is 1. The highest BCUT2D eigenvalue weighted by atomic mass is 19.1. The van der Waals surface area contributed by atoms with Crippen molar-refractivity contribution in [3.05, 3.63) is 53.7 Å². The number of nitrogens with one attached hydrogen (secondary N) is 3. The number of benzene rings is 1. The highest BCUT2D eigenvalue weighted by Gasteiger charge is 2.48. The second-order valence-corrected chi connectivity index (χ2v) is 10.2. The van der Waals surface area contributed by atoms with Crippen molar-refractivity contribution in [2.24, 2.45) is 0 Å². The van der Waals surface area contributed by atoms with Crippen LogP contribution in [0.2, 0.25) is 0 Å². The molecule has 2 aromatic heterocycles. The fourth-order valence-corrected chi connectivity index (χ4v) is 4.93. The predicted octanol–water partition coefficient (Wildman–Crippen LogP) is 4.14. The van der Waals surface area contributed by atoms with Gasteiger partial charge in [-0.15, -0.1) is 0 Å². The molecule has 0 radical (unpaired) electrons. The summed E-state index contributed by atoms with van der Waals surface area (Å²) in [5.41, 5.74) is 3.34. The number of anilines is 2. The normalized spacial score (nSPS) is 23.5. The van der Waals surface area contributed by atoms with Gasteiger partial charge >= 0.3 is 0 Å². The molecule has 10 heteroatoms. The first-order valence-corrected chi connectivity index (χ1v) is 12.3. The summed E-state index contributed by atoms with van der Waals surface area (Å²) in [5, 5.41) is 6.32. The maximum absolute atomic E-state index is 14.5. The molecule has 1 amide bonds. The zero-order valence-electron chi connectivity index (χ0n) is 20.9. The van der Waals surface area contributed by atoms with Crippen molar-refractivity contribution in [1.29, 1.82) is 0 Å². The molecular formula is C27H29FN4O5. The van der Waals surface area contributed by atoms with E-state index in [0.29, 0.717) is 47.2 Å². The maximum Gasteiger partial charge on any atom is 0.255 e. The van der Waals surface area contributed by atoms with Crippen LogP contribution in [-0.4, -0.2) is 60.6 Å². The smallest absolute Gasteiger partial charge is 0.255 e. The van der Waals surface area contributed by atoms with E-state index in [1.807, 2.05) is 19.9 Å². The van der Waals surface area contributed by atoms with Crippen molar-refractivity contribution in [3.63, 3.8) is 0 Å². The van der Waals surface area contributed by atoms with E-state index in [4.69, 9.17) is 18.9 Å². The van der Waals surface area contributed by atoms with Crippen molar-refractivity contribution in [2.45, 2.75) is 43.9 Å². The van der Waals surface area contributed by atoms with Gasteiger partial charge in [0.2, 0.25) is 0 Å². The number of ether oxygens (including phenoxy) is 4. The number of carbonyl (C=O) groups excluding carboxylic acids is 1. The summed E-state index contributed by atoms with van der Waals surface area (Å²) in [6.45, 7) is 5.15. The number of para-hydroxylation sites is 1. The van der Waals surface area contributed by atoms with Crippen LogP contribution in [0, 0.1) is 5.82 Å². The van der Waals surface area contributed by atoms with Crippen molar-refractivity contribution in [2.75, 3.05) is 32.2 Å². The molecule has 1 saturated heterocycles. The highest BCUT2D eigenvalue weighted by Crippen LogP contribution is 2.51. The van der Waals surface area contributed by atoms with Gasteiger partial charge in [0.15, 0.2) is 11.6 Å². The monoisotopic (exact) mass is 508 g/mol. The Bertz CT molecular complexity index is 1350. The molecule has 37 heavy (non-hydrogen) atoms. The summed E-state index contributed by atoms with van der Waals surface area (Å²) >= 11 is 0. The predicted molar refractivity (Wildman–Crippen MR) is 134 cm³/mol. The molecule has 4 heterocycles. The second kappa shape index (κ2) is 9.04. The largest absolute Gasteiger partial charge is 0.492 e. The number of H-pyrrole nitrogens is 1. The SMILES string of the molecule is COc1c(F)cccc1Nc1c(-c2ccncc2OC[C@@H]2COC(C)(C)CO2)[nH]c2c1C(=O)NC1C[C@H]21. The number of rotatable bonds is 7. The molecule has 2 aliphatic heterocycles. The van der Waals surface area contributed by atoms with E-state index >= 15 is 0 Å². The number of nitrogens with zero attached hydrogens (tertiary/aromatic N) is 1. The molecule has 1 saturated carbocycles. The molecule has 3 aliphatic rings. The molecule has 1 aromatic carbocycles. The molecule has 1 unspecified atom stereocenters. The number of aromatic nitrogens is 2. The summed E-state index contributed by atoms with van der Waals surface area (Å²) in [7, 11) is 1.41. The van der Waals surface area contributed by atoms with Crippen molar-refractivity contribution in [3.8, 4) is 22.8 Å². The molecule has 2 fully saturated rings. The Balaban J connectivity index is 1.37. The minimum Gasteiger partial charge on any atom is -0.492 e. The van der Waals surface area contributed by atoms with Crippen molar-refractivity contribution < 1.29 is 28.1 Å². The lowest BCUT2D eigenvalue weighted by Gasteiger charge is -2.34. The van der Waals surface area contributed by atoms with Gasteiger partial charge in [-0.2, -0.15) is 0 Å². The minimum absolute atomic E-state index is 0.0625. The summed E-state index contributed by atoms with van der Waals surface area (Å²) in [4.78, 5) is 20.8. The molecule has 3 atom stereocenters. The van der Waals surface area contributed by atoms with Gasteiger partial charge < -0.3 is 34.6 Å². The molecule has 6 rings (SSSR count). The second-order valence-electron chi connectivity index (χ2n) is 10.2. The van der Waals surface area contributed by atoms with E-state index in [1.165, 1.54) is 13.2 Å². The van der Waals surface area contributed by atoms with Gasteiger partial charge in [-0.05, 0) is 38.5 Å². The third-order valence-corrected chi connectivity index (χ3v) is 6.97. The van der Waals surface area contributed by atoms with Gasteiger partial charge in [-0.25, -0.2) is 4.39 Å². The van der Waals surface area contributed by atoms with Crippen LogP contribution in [-0.2, 0) is 9.47 Å². The Labute approximate surface area is 213 Å². The molecule has 0 spiro atoms. The maximum atomic E-state index is 14.5. The van der Waals surface area contributed by atoms with E-state index < -0.39 is 5.82 Å².